The van der Waals surface area contributed by atoms with Crippen LogP contribution < -0.4 is 0 Å². The molecule has 1 aliphatic carbocycles. The molecule has 0 spiro atoms. The van der Waals surface area contributed by atoms with Gasteiger partial charge in [-0.05, 0) is 30.5 Å². The first-order chi connectivity index (χ1) is 9.84. The van der Waals surface area contributed by atoms with Gasteiger partial charge in [-0.2, -0.15) is 9.78 Å². The van der Waals surface area contributed by atoms with E-state index in [0.717, 1.165) is 34.7 Å². The summed E-state index contributed by atoms with van der Waals surface area (Å²) in [7, 11) is 0. The van der Waals surface area contributed by atoms with E-state index in [2.05, 4.69) is 10.1 Å². The zero-order chi connectivity index (χ0) is 13.5. The van der Waals surface area contributed by atoms with E-state index in [9.17, 15) is 4.79 Å². The summed E-state index contributed by atoms with van der Waals surface area (Å²) in [6.45, 7) is 0. The third kappa shape index (κ3) is 1.63. The molecule has 0 N–H and O–H groups in total. The molecule has 2 heterocycles. The van der Waals surface area contributed by atoms with E-state index >= 15 is 0 Å². The second-order valence-electron chi connectivity index (χ2n) is 4.73. The van der Waals surface area contributed by atoms with Crippen molar-refractivity contribution in [2.75, 3.05) is 0 Å². The Morgan fingerprint density at radius 3 is 2.90 bits per heavy atom. The van der Waals surface area contributed by atoms with E-state index in [-0.39, 0.29) is 5.91 Å². The highest BCUT2D eigenvalue weighted by molar-refractivity contribution is 7.13. The average Bonchev–Trinajstić information content (AvgIpc) is 3.13. The van der Waals surface area contributed by atoms with Crippen molar-refractivity contribution in [1.29, 1.82) is 0 Å². The first-order valence-electron chi connectivity index (χ1n) is 6.44. The molecule has 0 fully saturated rings. The number of aryl methyl sites for hydroxylation is 2. The van der Waals surface area contributed by atoms with Gasteiger partial charge in [0.05, 0.1) is 28.0 Å². The number of thiazole rings is 1. The molecule has 4 rings (SSSR count). The highest BCUT2D eigenvalue weighted by atomic mass is 32.1. The third-order valence-corrected chi connectivity index (χ3v) is 4.42. The molecule has 0 bridgehead atoms. The number of rotatable bonds is 1. The van der Waals surface area contributed by atoms with Crippen LogP contribution >= 0.6 is 11.3 Å². The molecule has 0 saturated heterocycles. The Morgan fingerprint density at radius 2 is 2.05 bits per heavy atom. The van der Waals surface area contributed by atoms with Gasteiger partial charge >= 0.3 is 0 Å². The molecule has 3 aromatic rings. The number of benzene rings is 1. The Hall–Kier alpha value is -2.27. The first-order valence-corrected chi connectivity index (χ1v) is 7.32. The van der Waals surface area contributed by atoms with Gasteiger partial charge in [-0.3, -0.25) is 4.79 Å². The Labute approximate surface area is 119 Å². The molecule has 1 aromatic carbocycles. The van der Waals surface area contributed by atoms with Crippen LogP contribution in [0.5, 0.6) is 0 Å². The Kier molecular flexibility index (Phi) is 2.53. The number of fused-ring (bicyclic) bond motifs is 3. The van der Waals surface area contributed by atoms with E-state index < -0.39 is 0 Å². The van der Waals surface area contributed by atoms with E-state index in [0.29, 0.717) is 5.56 Å². The minimum atomic E-state index is -0.0897. The van der Waals surface area contributed by atoms with E-state index in [1.807, 2.05) is 35.8 Å². The molecule has 1 aliphatic rings. The van der Waals surface area contributed by atoms with Gasteiger partial charge in [0.1, 0.15) is 0 Å². The maximum Gasteiger partial charge on any atom is 0.278 e. The Morgan fingerprint density at radius 1 is 1.20 bits per heavy atom. The zero-order valence-corrected chi connectivity index (χ0v) is 11.4. The lowest BCUT2D eigenvalue weighted by molar-refractivity contribution is 0.0947. The van der Waals surface area contributed by atoms with Crippen molar-refractivity contribution < 1.29 is 4.79 Å². The molecule has 98 valence electrons. The van der Waals surface area contributed by atoms with Crippen molar-refractivity contribution in [3.8, 4) is 10.6 Å². The summed E-state index contributed by atoms with van der Waals surface area (Å²) in [5.41, 5.74) is 5.61. The highest BCUT2D eigenvalue weighted by Crippen LogP contribution is 2.36. The maximum absolute atomic E-state index is 12.6. The van der Waals surface area contributed by atoms with Gasteiger partial charge < -0.3 is 0 Å². The largest absolute Gasteiger partial charge is 0.278 e. The smallest absolute Gasteiger partial charge is 0.267 e. The molecule has 0 atom stereocenters. The lowest BCUT2D eigenvalue weighted by atomic mass is 10.0. The number of carbonyl (C=O) groups excluding carboxylic acids is 1. The van der Waals surface area contributed by atoms with Crippen molar-refractivity contribution in [2.45, 2.75) is 12.8 Å². The highest BCUT2D eigenvalue weighted by Gasteiger charge is 2.26. The van der Waals surface area contributed by atoms with Crippen LogP contribution in [-0.2, 0) is 12.8 Å². The van der Waals surface area contributed by atoms with Gasteiger partial charge in [-0.15, -0.1) is 11.3 Å². The van der Waals surface area contributed by atoms with Crippen molar-refractivity contribution in [3.05, 3.63) is 58.9 Å². The molecule has 0 saturated carbocycles. The molecule has 0 unspecified atom stereocenters. The van der Waals surface area contributed by atoms with E-state index in [4.69, 9.17) is 0 Å². The quantitative estimate of drug-likeness (QED) is 0.689. The number of hydrogen-bond donors (Lipinski definition) is 0. The van der Waals surface area contributed by atoms with Crippen LogP contribution in [0.4, 0.5) is 0 Å². The minimum Gasteiger partial charge on any atom is -0.267 e. The van der Waals surface area contributed by atoms with Gasteiger partial charge in [0.15, 0.2) is 0 Å². The fraction of sp³-hybridized carbons (Fsp3) is 0.133. The van der Waals surface area contributed by atoms with Crippen LogP contribution in [0.25, 0.3) is 10.6 Å². The average molecular weight is 281 g/mol. The Balaban J connectivity index is 1.87. The molecule has 0 aliphatic heterocycles. The van der Waals surface area contributed by atoms with Crippen molar-refractivity contribution in [2.24, 2.45) is 0 Å². The summed E-state index contributed by atoms with van der Waals surface area (Å²) in [5, 5.41) is 4.30. The van der Waals surface area contributed by atoms with Crippen molar-refractivity contribution in [1.82, 2.24) is 14.8 Å². The van der Waals surface area contributed by atoms with Gasteiger partial charge in [0, 0.05) is 5.56 Å². The summed E-state index contributed by atoms with van der Waals surface area (Å²) in [6.07, 6.45) is 3.63. The van der Waals surface area contributed by atoms with Crippen molar-refractivity contribution in [3.63, 3.8) is 0 Å². The molecule has 20 heavy (non-hydrogen) atoms. The second kappa shape index (κ2) is 4.38. The number of hydrogen-bond acceptors (Lipinski definition) is 4. The maximum atomic E-state index is 12.6. The Bertz CT molecular complexity index is 789. The van der Waals surface area contributed by atoms with Gasteiger partial charge in [-0.1, -0.05) is 18.2 Å². The van der Waals surface area contributed by atoms with Gasteiger partial charge in [0.25, 0.3) is 5.91 Å². The second-order valence-corrected chi connectivity index (χ2v) is 5.58. The fourth-order valence-corrected chi connectivity index (χ4v) is 3.46. The van der Waals surface area contributed by atoms with Crippen LogP contribution in [-0.4, -0.2) is 20.7 Å². The predicted molar refractivity (Wildman–Crippen MR) is 76.9 cm³/mol. The van der Waals surface area contributed by atoms with Gasteiger partial charge in [-0.25, -0.2) is 4.98 Å². The van der Waals surface area contributed by atoms with Crippen LogP contribution in [0.15, 0.2) is 42.0 Å². The summed E-state index contributed by atoms with van der Waals surface area (Å²) < 4.78 is 1.51. The number of aromatic nitrogens is 3. The summed E-state index contributed by atoms with van der Waals surface area (Å²) in [6, 6.07) is 9.25. The molecule has 5 heteroatoms. The topological polar surface area (TPSA) is 47.8 Å². The molecule has 4 nitrogen and oxygen atoms in total. The summed E-state index contributed by atoms with van der Waals surface area (Å²) in [5.74, 6) is -0.0897. The minimum absolute atomic E-state index is 0.0897. The van der Waals surface area contributed by atoms with Gasteiger partial charge in [0.2, 0.25) is 0 Å². The van der Waals surface area contributed by atoms with Crippen LogP contribution in [0, 0.1) is 0 Å². The summed E-state index contributed by atoms with van der Waals surface area (Å²) >= 11 is 1.58. The molecular weight excluding hydrogens is 270 g/mol. The lowest BCUT2D eigenvalue weighted by Crippen LogP contribution is -2.16. The monoisotopic (exact) mass is 281 g/mol. The zero-order valence-electron chi connectivity index (χ0n) is 10.6. The lowest BCUT2D eigenvalue weighted by Gasteiger charge is -2.12. The van der Waals surface area contributed by atoms with Crippen molar-refractivity contribution >= 4 is 17.2 Å². The van der Waals surface area contributed by atoms with Crippen LogP contribution in [0.3, 0.4) is 0 Å². The summed E-state index contributed by atoms with van der Waals surface area (Å²) in [4.78, 5) is 18.0. The first kappa shape index (κ1) is 11.5. The predicted octanol–water partition coefficient (Wildman–Crippen LogP) is 2.79. The number of carbonyl (C=O) groups is 1. The molecule has 0 radical (unpaired) electrons. The standard InChI is InChI=1S/C15H11N3OS/c19-15(10-4-2-1-3-5-10)18-13-11(8-17-18)6-7-12-14(13)20-9-16-12/h1-5,8-9H,6-7H2. The van der Waals surface area contributed by atoms with E-state index in [1.165, 1.54) is 4.68 Å². The van der Waals surface area contributed by atoms with Crippen LogP contribution in [0.1, 0.15) is 21.6 Å². The molecule has 0 amide bonds. The normalized spacial score (nSPS) is 12.8. The van der Waals surface area contributed by atoms with E-state index in [1.54, 1.807) is 17.5 Å². The SMILES string of the molecule is O=C(c1ccccc1)n1ncc2c1-c1scnc1CC2. The number of nitrogens with zero attached hydrogens (tertiary/aromatic N) is 3. The fourth-order valence-electron chi connectivity index (χ4n) is 2.56. The van der Waals surface area contributed by atoms with Crippen LogP contribution in [0.2, 0.25) is 0 Å². The molecule has 2 aromatic heterocycles. The molecular formula is C15H11N3OS. The third-order valence-electron chi connectivity index (χ3n) is 3.55.